The molecular weight excluding hydrogens is 272 g/mol. The first-order valence-electron chi connectivity index (χ1n) is 7.25. The summed E-state index contributed by atoms with van der Waals surface area (Å²) in [5, 5.41) is 10.5. The first-order chi connectivity index (χ1) is 10.1. The molecule has 3 atom stereocenters. The van der Waals surface area contributed by atoms with Crippen molar-refractivity contribution in [1.82, 2.24) is 0 Å². The fraction of sp³-hybridized carbons (Fsp3) is 0.533. The molecule has 0 bridgehead atoms. The Balaban J connectivity index is 1.43. The molecule has 3 unspecified atom stereocenters. The topological polar surface area (TPSA) is 72.7 Å². The zero-order valence-corrected chi connectivity index (χ0v) is 11.7. The fourth-order valence-corrected chi connectivity index (χ4v) is 2.82. The lowest BCUT2D eigenvalue weighted by atomic mass is 10.1. The molecule has 21 heavy (non-hydrogen) atoms. The highest BCUT2D eigenvalue weighted by Gasteiger charge is 2.54. The number of carbonyl (C=O) groups excluding carboxylic acids is 1. The number of hydrogen-bond donors (Lipinski definition) is 0. The lowest BCUT2D eigenvalue weighted by molar-refractivity contribution is -0.497. The molecule has 3 rings (SSSR count). The molecule has 0 aromatic heterocycles. The van der Waals surface area contributed by atoms with Crippen molar-refractivity contribution in [3.63, 3.8) is 0 Å². The maximum absolute atomic E-state index is 11.7. The Morgan fingerprint density at radius 2 is 2.14 bits per heavy atom. The lowest BCUT2D eigenvalue weighted by Gasteiger charge is -2.18. The van der Waals surface area contributed by atoms with Crippen molar-refractivity contribution in [2.24, 2.45) is 11.8 Å². The zero-order chi connectivity index (χ0) is 14.8. The highest BCUT2D eigenvalue weighted by atomic mass is 16.6. The molecule has 1 saturated carbocycles. The van der Waals surface area contributed by atoms with Gasteiger partial charge < -0.3 is 9.64 Å². The Morgan fingerprint density at radius 1 is 1.38 bits per heavy atom. The molecule has 1 saturated heterocycles. The minimum atomic E-state index is -0.720. The largest absolute Gasteiger partial charge is 0.465 e. The van der Waals surface area contributed by atoms with E-state index in [9.17, 15) is 14.9 Å². The van der Waals surface area contributed by atoms with Gasteiger partial charge in [0.15, 0.2) is 0 Å². The average molecular weight is 290 g/mol. The van der Waals surface area contributed by atoms with Crippen LogP contribution in [0.4, 0.5) is 5.69 Å². The second kappa shape index (κ2) is 5.71. The molecule has 1 aromatic rings. The van der Waals surface area contributed by atoms with Crippen LogP contribution in [0.25, 0.3) is 0 Å². The van der Waals surface area contributed by atoms with Crippen molar-refractivity contribution in [2.45, 2.75) is 18.9 Å². The molecule has 1 aromatic carbocycles. The van der Waals surface area contributed by atoms with Crippen LogP contribution >= 0.6 is 0 Å². The van der Waals surface area contributed by atoms with E-state index in [2.05, 4.69) is 17.0 Å². The van der Waals surface area contributed by atoms with Crippen molar-refractivity contribution in [3.05, 3.63) is 40.4 Å². The van der Waals surface area contributed by atoms with Crippen LogP contribution in [-0.2, 0) is 9.53 Å². The number of esters is 1. The summed E-state index contributed by atoms with van der Waals surface area (Å²) in [6.45, 7) is 2.18. The van der Waals surface area contributed by atoms with Crippen LogP contribution in [0.3, 0.4) is 0 Å². The SMILES string of the molecule is O=C(OCC1CCN(c2ccccc2)C1)C1CC1[N+](=O)[O-]. The normalized spacial score (nSPS) is 27.4. The van der Waals surface area contributed by atoms with Crippen molar-refractivity contribution >= 4 is 11.7 Å². The van der Waals surface area contributed by atoms with E-state index in [0.717, 1.165) is 19.5 Å². The third-order valence-corrected chi connectivity index (χ3v) is 4.20. The van der Waals surface area contributed by atoms with Gasteiger partial charge in [-0.3, -0.25) is 14.9 Å². The van der Waals surface area contributed by atoms with Crippen molar-refractivity contribution < 1.29 is 14.5 Å². The quantitative estimate of drug-likeness (QED) is 0.469. The Bertz CT molecular complexity index is 534. The van der Waals surface area contributed by atoms with Gasteiger partial charge >= 0.3 is 5.97 Å². The molecule has 1 aliphatic heterocycles. The van der Waals surface area contributed by atoms with Crippen LogP contribution in [0.5, 0.6) is 0 Å². The van der Waals surface area contributed by atoms with Gasteiger partial charge in [0.25, 0.3) is 0 Å². The molecule has 1 aliphatic carbocycles. The first-order valence-corrected chi connectivity index (χ1v) is 7.25. The first kappa shape index (κ1) is 13.9. The van der Waals surface area contributed by atoms with E-state index < -0.39 is 22.9 Å². The third kappa shape index (κ3) is 3.15. The van der Waals surface area contributed by atoms with Gasteiger partial charge in [-0.05, 0) is 18.6 Å². The minimum Gasteiger partial charge on any atom is -0.465 e. The summed E-state index contributed by atoms with van der Waals surface area (Å²) in [4.78, 5) is 24.1. The second-order valence-electron chi connectivity index (χ2n) is 5.76. The molecule has 0 spiro atoms. The van der Waals surface area contributed by atoms with Crippen LogP contribution in [0.2, 0.25) is 0 Å². The van der Waals surface area contributed by atoms with Gasteiger partial charge in [0.2, 0.25) is 6.04 Å². The molecule has 1 heterocycles. The van der Waals surface area contributed by atoms with E-state index in [4.69, 9.17) is 4.74 Å². The van der Waals surface area contributed by atoms with Crippen molar-refractivity contribution in [2.75, 3.05) is 24.6 Å². The summed E-state index contributed by atoms with van der Waals surface area (Å²) in [5.74, 6) is -0.622. The van der Waals surface area contributed by atoms with Gasteiger partial charge in [0.05, 0.1) is 6.61 Å². The smallest absolute Gasteiger partial charge is 0.316 e. The Kier molecular flexibility index (Phi) is 3.77. The predicted octanol–water partition coefficient (Wildman–Crippen LogP) is 1.72. The van der Waals surface area contributed by atoms with Crippen molar-refractivity contribution in [1.29, 1.82) is 0 Å². The monoisotopic (exact) mass is 290 g/mol. The Hall–Kier alpha value is -2.11. The number of nitro groups is 1. The summed E-state index contributed by atoms with van der Waals surface area (Å²) in [6.07, 6.45) is 1.30. The van der Waals surface area contributed by atoms with E-state index >= 15 is 0 Å². The van der Waals surface area contributed by atoms with Crippen LogP contribution in [0.1, 0.15) is 12.8 Å². The average Bonchev–Trinajstić information content (AvgIpc) is 3.17. The molecular formula is C15H18N2O4. The van der Waals surface area contributed by atoms with E-state index in [1.54, 1.807) is 0 Å². The number of carbonyl (C=O) groups is 1. The number of hydrogen-bond acceptors (Lipinski definition) is 5. The minimum absolute atomic E-state index is 0.307. The summed E-state index contributed by atoms with van der Waals surface area (Å²) in [5.41, 5.74) is 1.18. The molecule has 6 nitrogen and oxygen atoms in total. The van der Waals surface area contributed by atoms with E-state index in [1.165, 1.54) is 5.69 Å². The Morgan fingerprint density at radius 3 is 2.81 bits per heavy atom. The van der Waals surface area contributed by atoms with Crippen molar-refractivity contribution in [3.8, 4) is 0 Å². The summed E-state index contributed by atoms with van der Waals surface area (Å²) in [6, 6.07) is 9.42. The van der Waals surface area contributed by atoms with Crippen LogP contribution in [0, 0.1) is 22.0 Å². The van der Waals surface area contributed by atoms with Crippen LogP contribution in [-0.4, -0.2) is 36.6 Å². The van der Waals surface area contributed by atoms with Crippen LogP contribution in [0.15, 0.2) is 30.3 Å². The fourth-order valence-electron chi connectivity index (χ4n) is 2.82. The van der Waals surface area contributed by atoms with E-state index in [0.29, 0.717) is 18.9 Å². The third-order valence-electron chi connectivity index (χ3n) is 4.20. The molecule has 0 radical (unpaired) electrons. The zero-order valence-electron chi connectivity index (χ0n) is 11.7. The summed E-state index contributed by atoms with van der Waals surface area (Å²) < 4.78 is 5.24. The molecule has 0 N–H and O–H groups in total. The molecule has 6 heteroatoms. The van der Waals surface area contributed by atoms with E-state index in [-0.39, 0.29) is 0 Å². The van der Waals surface area contributed by atoms with Gasteiger partial charge in [-0.25, -0.2) is 0 Å². The number of para-hydroxylation sites is 1. The summed E-state index contributed by atoms with van der Waals surface area (Å²) >= 11 is 0. The van der Waals surface area contributed by atoms with Crippen LogP contribution < -0.4 is 4.90 Å². The highest BCUT2D eigenvalue weighted by molar-refractivity contribution is 5.76. The maximum Gasteiger partial charge on any atom is 0.316 e. The van der Waals surface area contributed by atoms with Gasteiger partial charge in [0.1, 0.15) is 5.92 Å². The number of benzene rings is 1. The molecule has 2 aliphatic rings. The Labute approximate surface area is 122 Å². The lowest BCUT2D eigenvalue weighted by Crippen LogP contribution is -2.22. The standard InChI is InChI=1S/C15H18N2O4/c18-15(13-8-14(13)17(19)20)21-10-11-6-7-16(9-11)12-4-2-1-3-5-12/h1-5,11,13-14H,6-10H2. The number of anilines is 1. The maximum atomic E-state index is 11.7. The van der Waals surface area contributed by atoms with Gasteiger partial charge in [-0.2, -0.15) is 0 Å². The summed E-state index contributed by atoms with van der Waals surface area (Å²) in [7, 11) is 0. The molecule has 112 valence electrons. The highest BCUT2D eigenvalue weighted by Crippen LogP contribution is 2.34. The molecule has 0 amide bonds. The van der Waals surface area contributed by atoms with Gasteiger partial charge in [0, 0.05) is 36.0 Å². The second-order valence-corrected chi connectivity index (χ2v) is 5.76. The molecule has 2 fully saturated rings. The van der Waals surface area contributed by atoms with E-state index in [1.807, 2.05) is 18.2 Å². The van der Waals surface area contributed by atoms with Gasteiger partial charge in [-0.1, -0.05) is 18.2 Å². The predicted molar refractivity (Wildman–Crippen MR) is 76.6 cm³/mol. The number of nitrogens with zero attached hydrogens (tertiary/aromatic N) is 2. The van der Waals surface area contributed by atoms with Gasteiger partial charge in [-0.15, -0.1) is 0 Å². The number of ether oxygens (including phenoxy) is 1. The number of rotatable bonds is 5.